The van der Waals surface area contributed by atoms with E-state index in [1.165, 1.54) is 5.06 Å². The van der Waals surface area contributed by atoms with E-state index in [0.29, 0.717) is 0 Å². The maximum Gasteiger partial charge on any atom is 0.115 e. The topological polar surface area (TPSA) is 46.5 Å². The van der Waals surface area contributed by atoms with E-state index in [1.807, 2.05) is 26.8 Å². The van der Waals surface area contributed by atoms with Gasteiger partial charge in [-0.25, -0.2) is 0 Å². The van der Waals surface area contributed by atoms with Crippen molar-refractivity contribution in [3.05, 3.63) is 35.0 Å². The minimum absolute atomic E-state index is 0.219. The highest BCUT2D eigenvalue weighted by Crippen LogP contribution is 2.46. The highest BCUT2D eigenvalue weighted by molar-refractivity contribution is 5.33. The van der Waals surface area contributed by atoms with Crippen molar-refractivity contribution in [2.45, 2.75) is 44.7 Å². The molecular formula is C13H18NO2-. The van der Waals surface area contributed by atoms with E-state index in [0.717, 1.165) is 18.4 Å². The van der Waals surface area contributed by atoms with Crippen LogP contribution in [0.2, 0.25) is 0 Å². The number of phenols is 1. The molecule has 16 heavy (non-hydrogen) atoms. The minimum atomic E-state index is -0.512. The Labute approximate surface area is 96.3 Å². The van der Waals surface area contributed by atoms with E-state index in [2.05, 4.69) is 0 Å². The fourth-order valence-corrected chi connectivity index (χ4v) is 2.52. The van der Waals surface area contributed by atoms with Gasteiger partial charge in [0.15, 0.2) is 0 Å². The lowest BCUT2D eigenvalue weighted by Gasteiger charge is -2.48. The first-order valence-corrected chi connectivity index (χ1v) is 5.63. The van der Waals surface area contributed by atoms with Gasteiger partial charge in [0.1, 0.15) is 5.75 Å². The Balaban J connectivity index is 2.41. The summed E-state index contributed by atoms with van der Waals surface area (Å²) < 4.78 is 0. The van der Waals surface area contributed by atoms with Gasteiger partial charge >= 0.3 is 0 Å². The molecule has 2 rings (SSSR count). The third-order valence-corrected chi connectivity index (χ3v) is 3.69. The molecule has 0 aliphatic carbocycles. The molecule has 1 heterocycles. The minimum Gasteiger partial charge on any atom is -0.784 e. The average molecular weight is 220 g/mol. The summed E-state index contributed by atoms with van der Waals surface area (Å²) in [4.78, 5) is 0. The highest BCUT2D eigenvalue weighted by Gasteiger charge is 2.42. The molecule has 1 aromatic carbocycles. The van der Waals surface area contributed by atoms with Crippen molar-refractivity contribution in [3.8, 4) is 5.75 Å². The second-order valence-corrected chi connectivity index (χ2v) is 5.43. The normalized spacial score (nSPS) is 29.5. The van der Waals surface area contributed by atoms with Gasteiger partial charge in [0.25, 0.3) is 0 Å². The molecule has 3 nitrogen and oxygen atoms in total. The lowest BCUT2D eigenvalue weighted by atomic mass is 9.90. The van der Waals surface area contributed by atoms with E-state index < -0.39 is 5.54 Å². The van der Waals surface area contributed by atoms with Crippen molar-refractivity contribution in [2.75, 3.05) is 0 Å². The number of rotatable bonds is 1. The van der Waals surface area contributed by atoms with Crippen molar-refractivity contribution >= 4 is 0 Å². The Morgan fingerprint density at radius 3 is 2.44 bits per heavy atom. The van der Waals surface area contributed by atoms with Crippen LogP contribution in [-0.4, -0.2) is 15.7 Å². The first-order valence-electron chi connectivity index (χ1n) is 5.63. The van der Waals surface area contributed by atoms with Gasteiger partial charge in [0, 0.05) is 11.1 Å². The fraction of sp³-hybridized carbons (Fsp3) is 0.538. The van der Waals surface area contributed by atoms with Crippen LogP contribution in [-0.2, 0) is 5.54 Å². The first-order chi connectivity index (χ1) is 7.36. The summed E-state index contributed by atoms with van der Waals surface area (Å²) in [6.45, 7) is 5.88. The Hall–Kier alpha value is -1.06. The van der Waals surface area contributed by atoms with Crippen LogP contribution < -0.4 is 0 Å². The van der Waals surface area contributed by atoms with E-state index in [1.54, 1.807) is 18.2 Å². The number of hydrogen-bond donors (Lipinski definition) is 1. The molecule has 0 radical (unpaired) electrons. The van der Waals surface area contributed by atoms with Crippen LogP contribution in [0.15, 0.2) is 24.3 Å². The molecule has 3 heteroatoms. The van der Waals surface area contributed by atoms with Crippen LogP contribution >= 0.6 is 0 Å². The van der Waals surface area contributed by atoms with Gasteiger partial charge in [-0.05, 0) is 51.3 Å². The number of benzene rings is 1. The van der Waals surface area contributed by atoms with Crippen molar-refractivity contribution in [1.82, 2.24) is 5.06 Å². The average Bonchev–Trinajstić information content (AvgIpc) is 2.44. The molecule has 1 fully saturated rings. The molecule has 0 bridgehead atoms. The number of aromatic hydroxyl groups is 1. The van der Waals surface area contributed by atoms with Gasteiger partial charge in [-0.1, -0.05) is 12.1 Å². The van der Waals surface area contributed by atoms with Crippen LogP contribution in [0.5, 0.6) is 5.75 Å². The lowest BCUT2D eigenvalue weighted by Crippen LogP contribution is -2.43. The first kappa shape index (κ1) is 11.4. The maximum absolute atomic E-state index is 12.3. The van der Waals surface area contributed by atoms with Gasteiger partial charge < -0.3 is 15.4 Å². The summed E-state index contributed by atoms with van der Waals surface area (Å²) in [5.74, 6) is 0.219. The molecule has 0 spiro atoms. The van der Waals surface area contributed by atoms with Crippen molar-refractivity contribution in [3.63, 3.8) is 0 Å². The Kier molecular flexibility index (Phi) is 2.48. The standard InChI is InChI=1S/C13H18NO2/c1-12(2)7-8-13(3,14(12)16)10-5-4-6-11(15)9-10/h4-6,9,15H,7-8H2,1-3H3/q-1/t13-/m0/s1. The molecule has 1 aromatic rings. The van der Waals surface area contributed by atoms with Crippen LogP contribution in [0.4, 0.5) is 0 Å². The second-order valence-electron chi connectivity index (χ2n) is 5.43. The molecule has 1 aliphatic heterocycles. The quantitative estimate of drug-likeness (QED) is 0.791. The molecule has 0 aromatic heterocycles. The zero-order chi connectivity index (χ0) is 12.0. The number of hydroxylamine groups is 2. The number of hydrogen-bond acceptors (Lipinski definition) is 3. The monoisotopic (exact) mass is 220 g/mol. The summed E-state index contributed by atoms with van der Waals surface area (Å²) in [5, 5.41) is 23.0. The molecule has 1 aliphatic rings. The third-order valence-electron chi connectivity index (χ3n) is 3.69. The van der Waals surface area contributed by atoms with Crippen LogP contribution in [0.25, 0.3) is 0 Å². The summed E-state index contributed by atoms with van der Waals surface area (Å²) in [7, 11) is 0. The van der Waals surface area contributed by atoms with E-state index in [9.17, 15) is 10.3 Å². The van der Waals surface area contributed by atoms with Gasteiger partial charge in [0.05, 0.1) is 0 Å². The smallest absolute Gasteiger partial charge is 0.115 e. The molecule has 0 saturated carbocycles. The Morgan fingerprint density at radius 2 is 1.94 bits per heavy atom. The van der Waals surface area contributed by atoms with Crippen molar-refractivity contribution in [2.24, 2.45) is 0 Å². The predicted octanol–water partition coefficient (Wildman–Crippen LogP) is 2.98. The van der Waals surface area contributed by atoms with Crippen molar-refractivity contribution < 1.29 is 5.11 Å². The summed E-state index contributed by atoms with van der Waals surface area (Å²) >= 11 is 0. The van der Waals surface area contributed by atoms with Gasteiger partial charge in [-0.2, -0.15) is 0 Å². The van der Waals surface area contributed by atoms with Crippen LogP contribution in [0.1, 0.15) is 39.2 Å². The largest absolute Gasteiger partial charge is 0.784 e. The second kappa shape index (κ2) is 3.47. The summed E-state index contributed by atoms with van der Waals surface area (Å²) in [6, 6.07) is 7.01. The number of nitrogens with zero attached hydrogens (tertiary/aromatic N) is 1. The zero-order valence-electron chi connectivity index (χ0n) is 10.0. The fourth-order valence-electron chi connectivity index (χ4n) is 2.52. The van der Waals surface area contributed by atoms with Crippen LogP contribution in [0.3, 0.4) is 0 Å². The van der Waals surface area contributed by atoms with Gasteiger partial charge in [-0.3, -0.25) is 0 Å². The number of phenolic OH excluding ortho intramolecular Hbond substituents is 1. The highest BCUT2D eigenvalue weighted by atomic mass is 16.5. The van der Waals surface area contributed by atoms with Crippen molar-refractivity contribution in [1.29, 1.82) is 0 Å². The molecular weight excluding hydrogens is 202 g/mol. The van der Waals surface area contributed by atoms with E-state index in [-0.39, 0.29) is 11.3 Å². The Morgan fingerprint density at radius 1 is 1.25 bits per heavy atom. The predicted molar refractivity (Wildman–Crippen MR) is 64.0 cm³/mol. The molecule has 1 N–H and O–H groups in total. The van der Waals surface area contributed by atoms with E-state index in [4.69, 9.17) is 0 Å². The maximum atomic E-state index is 12.3. The zero-order valence-corrected chi connectivity index (χ0v) is 10.0. The molecule has 1 atom stereocenters. The summed E-state index contributed by atoms with van der Waals surface area (Å²) in [6.07, 6.45) is 1.70. The van der Waals surface area contributed by atoms with Gasteiger partial charge in [0.2, 0.25) is 0 Å². The van der Waals surface area contributed by atoms with E-state index >= 15 is 0 Å². The van der Waals surface area contributed by atoms with Crippen LogP contribution in [0, 0.1) is 5.21 Å². The van der Waals surface area contributed by atoms with Gasteiger partial charge in [-0.15, -0.1) is 0 Å². The Bertz CT molecular complexity index is 403. The summed E-state index contributed by atoms with van der Waals surface area (Å²) in [5.41, 5.74) is 0.0655. The lowest BCUT2D eigenvalue weighted by molar-refractivity contribution is 0.129. The third kappa shape index (κ3) is 1.60. The molecule has 0 amide bonds. The molecule has 88 valence electrons. The SMILES string of the molecule is CC1(C)CC[C@@](C)(c2cccc(O)c2)N1[O-]. The molecule has 1 saturated heterocycles. The molecule has 0 unspecified atom stereocenters.